The summed E-state index contributed by atoms with van der Waals surface area (Å²) in [5.41, 5.74) is 2.60. The van der Waals surface area contributed by atoms with Gasteiger partial charge in [0, 0.05) is 0 Å². The summed E-state index contributed by atoms with van der Waals surface area (Å²) in [6, 6.07) is 8.57. The van der Waals surface area contributed by atoms with Crippen LogP contribution >= 0.6 is 0 Å². The maximum absolute atomic E-state index is 2.21. The van der Waals surface area contributed by atoms with E-state index in [9.17, 15) is 0 Å². The number of allylic oxidation sites excluding steroid dienone is 1. The minimum absolute atomic E-state index is 0.631. The Morgan fingerprint density at radius 2 is 1.67 bits per heavy atom. The molecule has 0 radical (unpaired) electrons. The van der Waals surface area contributed by atoms with Crippen LogP contribution in [-0.4, -0.2) is 0 Å². The second-order valence-corrected chi connectivity index (χ2v) is 3.51. The Morgan fingerprint density at radius 3 is 2.17 bits per heavy atom. The van der Waals surface area contributed by atoms with E-state index in [2.05, 4.69) is 57.2 Å². The van der Waals surface area contributed by atoms with Crippen LogP contribution in [0.2, 0.25) is 0 Å². The minimum Gasteiger partial charge on any atom is -0.0814 e. The Bertz CT molecular complexity index is 252. The standard InChI is InChI=1S/C12H16/c1-10(2)4-7-12-8-5-11(3)6-9-12/h4-10H,1-3H3. The maximum Gasteiger partial charge on any atom is -0.0260 e. The number of rotatable bonds is 2. The molecule has 0 aliphatic heterocycles. The van der Waals surface area contributed by atoms with Gasteiger partial charge in [-0.1, -0.05) is 55.8 Å². The van der Waals surface area contributed by atoms with Gasteiger partial charge in [-0.05, 0) is 18.4 Å². The van der Waals surface area contributed by atoms with Crippen molar-refractivity contribution in [2.75, 3.05) is 0 Å². The smallest absolute Gasteiger partial charge is 0.0260 e. The molecule has 1 rings (SSSR count). The quantitative estimate of drug-likeness (QED) is 0.619. The molecule has 0 amide bonds. The molecule has 0 aromatic heterocycles. The van der Waals surface area contributed by atoms with Gasteiger partial charge in [0.2, 0.25) is 0 Å². The van der Waals surface area contributed by atoms with Gasteiger partial charge in [0.1, 0.15) is 0 Å². The molecule has 0 heteroatoms. The highest BCUT2D eigenvalue weighted by Gasteiger charge is 1.87. The average Bonchev–Trinajstić information content (AvgIpc) is 2.03. The summed E-state index contributed by atoms with van der Waals surface area (Å²) in [7, 11) is 0. The monoisotopic (exact) mass is 160 g/mol. The lowest BCUT2D eigenvalue weighted by Gasteiger charge is -1.96. The molecule has 1 aromatic rings. The zero-order valence-corrected chi connectivity index (χ0v) is 8.04. The Balaban J connectivity index is 2.71. The molecule has 1 aromatic carbocycles. The molecule has 0 saturated heterocycles. The van der Waals surface area contributed by atoms with Crippen molar-refractivity contribution in [1.29, 1.82) is 0 Å². The van der Waals surface area contributed by atoms with E-state index in [1.54, 1.807) is 0 Å². The van der Waals surface area contributed by atoms with Crippen molar-refractivity contribution in [3.8, 4) is 0 Å². The summed E-state index contributed by atoms with van der Waals surface area (Å²) in [6.45, 7) is 6.48. The van der Waals surface area contributed by atoms with E-state index in [0.29, 0.717) is 5.92 Å². The number of hydrogen-bond donors (Lipinski definition) is 0. The van der Waals surface area contributed by atoms with Crippen molar-refractivity contribution < 1.29 is 0 Å². The Hall–Kier alpha value is -1.04. The summed E-state index contributed by atoms with van der Waals surface area (Å²) in [4.78, 5) is 0. The first-order chi connectivity index (χ1) is 5.68. The molecule has 0 aliphatic rings. The fraction of sp³-hybridized carbons (Fsp3) is 0.333. The van der Waals surface area contributed by atoms with E-state index >= 15 is 0 Å². The van der Waals surface area contributed by atoms with Crippen LogP contribution in [0.5, 0.6) is 0 Å². The van der Waals surface area contributed by atoms with E-state index in [1.165, 1.54) is 11.1 Å². The second-order valence-electron chi connectivity index (χ2n) is 3.51. The van der Waals surface area contributed by atoms with Crippen molar-refractivity contribution in [2.24, 2.45) is 5.92 Å². The normalized spacial score (nSPS) is 11.3. The first-order valence-electron chi connectivity index (χ1n) is 4.43. The van der Waals surface area contributed by atoms with Crippen LogP contribution < -0.4 is 0 Å². The van der Waals surface area contributed by atoms with Crippen LogP contribution in [0.3, 0.4) is 0 Å². The topological polar surface area (TPSA) is 0 Å². The molecule has 0 N–H and O–H groups in total. The third kappa shape index (κ3) is 2.91. The lowest BCUT2D eigenvalue weighted by atomic mass is 10.1. The predicted octanol–water partition coefficient (Wildman–Crippen LogP) is 3.66. The van der Waals surface area contributed by atoms with Crippen molar-refractivity contribution in [1.82, 2.24) is 0 Å². The SMILES string of the molecule is Cc1ccc(C=CC(C)C)cc1. The molecule has 0 aliphatic carbocycles. The molecule has 0 fully saturated rings. The highest BCUT2D eigenvalue weighted by Crippen LogP contribution is 2.06. The number of aryl methyl sites for hydroxylation is 1. The Labute approximate surface area is 74.9 Å². The average molecular weight is 160 g/mol. The zero-order chi connectivity index (χ0) is 8.97. The minimum atomic E-state index is 0.631. The van der Waals surface area contributed by atoms with Gasteiger partial charge < -0.3 is 0 Å². The molecule has 0 spiro atoms. The molecule has 12 heavy (non-hydrogen) atoms. The van der Waals surface area contributed by atoms with Crippen LogP contribution in [-0.2, 0) is 0 Å². The lowest BCUT2D eigenvalue weighted by Crippen LogP contribution is -1.78. The fourth-order valence-electron chi connectivity index (χ4n) is 0.981. The Morgan fingerprint density at radius 1 is 1.08 bits per heavy atom. The summed E-state index contributed by atoms with van der Waals surface area (Å²) >= 11 is 0. The highest BCUT2D eigenvalue weighted by molar-refractivity contribution is 5.49. The van der Waals surface area contributed by atoms with Gasteiger partial charge >= 0.3 is 0 Å². The Kier molecular flexibility index (Phi) is 3.09. The molecule has 0 saturated carbocycles. The van der Waals surface area contributed by atoms with E-state index in [-0.39, 0.29) is 0 Å². The van der Waals surface area contributed by atoms with Crippen molar-refractivity contribution in [3.05, 3.63) is 41.5 Å². The van der Waals surface area contributed by atoms with Crippen molar-refractivity contribution in [3.63, 3.8) is 0 Å². The van der Waals surface area contributed by atoms with Crippen molar-refractivity contribution in [2.45, 2.75) is 20.8 Å². The van der Waals surface area contributed by atoms with Crippen LogP contribution in [0.1, 0.15) is 25.0 Å². The molecular weight excluding hydrogens is 144 g/mol. The number of hydrogen-bond acceptors (Lipinski definition) is 0. The van der Waals surface area contributed by atoms with E-state index < -0.39 is 0 Å². The predicted molar refractivity (Wildman–Crippen MR) is 55.1 cm³/mol. The summed E-state index contributed by atoms with van der Waals surface area (Å²) in [5, 5.41) is 0. The van der Waals surface area contributed by atoms with E-state index in [1.807, 2.05) is 0 Å². The van der Waals surface area contributed by atoms with Crippen LogP contribution in [0.25, 0.3) is 6.08 Å². The molecular formula is C12H16. The van der Waals surface area contributed by atoms with Crippen LogP contribution in [0, 0.1) is 12.8 Å². The lowest BCUT2D eigenvalue weighted by molar-refractivity contribution is 0.836. The van der Waals surface area contributed by atoms with Gasteiger partial charge in [0.05, 0.1) is 0 Å². The zero-order valence-electron chi connectivity index (χ0n) is 8.04. The first kappa shape index (κ1) is 9.05. The first-order valence-corrected chi connectivity index (χ1v) is 4.43. The van der Waals surface area contributed by atoms with E-state index in [0.717, 1.165) is 0 Å². The van der Waals surface area contributed by atoms with E-state index in [4.69, 9.17) is 0 Å². The van der Waals surface area contributed by atoms with Gasteiger partial charge in [-0.15, -0.1) is 0 Å². The maximum atomic E-state index is 2.21. The van der Waals surface area contributed by atoms with Gasteiger partial charge in [-0.25, -0.2) is 0 Å². The molecule has 0 bridgehead atoms. The summed E-state index contributed by atoms with van der Waals surface area (Å²) in [5.74, 6) is 0.631. The van der Waals surface area contributed by atoms with Crippen molar-refractivity contribution >= 4 is 6.08 Å². The third-order valence-electron chi connectivity index (χ3n) is 1.75. The third-order valence-corrected chi connectivity index (χ3v) is 1.75. The molecule has 0 atom stereocenters. The molecule has 0 unspecified atom stereocenters. The molecule has 0 heterocycles. The van der Waals surface area contributed by atoms with Crippen LogP contribution in [0.15, 0.2) is 30.3 Å². The highest BCUT2D eigenvalue weighted by atomic mass is 13.9. The number of benzene rings is 1. The largest absolute Gasteiger partial charge is 0.0814 e. The van der Waals surface area contributed by atoms with Crippen LogP contribution in [0.4, 0.5) is 0 Å². The fourth-order valence-corrected chi connectivity index (χ4v) is 0.981. The van der Waals surface area contributed by atoms with Gasteiger partial charge in [-0.3, -0.25) is 0 Å². The van der Waals surface area contributed by atoms with Gasteiger partial charge in [-0.2, -0.15) is 0 Å². The van der Waals surface area contributed by atoms with Gasteiger partial charge in [0.25, 0.3) is 0 Å². The molecule has 0 nitrogen and oxygen atoms in total. The molecule has 64 valence electrons. The summed E-state index contributed by atoms with van der Waals surface area (Å²) < 4.78 is 0. The second kappa shape index (κ2) is 4.10. The van der Waals surface area contributed by atoms with Gasteiger partial charge in [0.15, 0.2) is 0 Å². The summed E-state index contributed by atoms with van der Waals surface area (Å²) in [6.07, 6.45) is 4.38.